The number of thiocarbonyl (C=S) groups is 1. The van der Waals surface area contributed by atoms with Crippen molar-refractivity contribution in [2.24, 2.45) is 0 Å². The van der Waals surface area contributed by atoms with E-state index in [2.05, 4.69) is 17.6 Å². The molecule has 0 saturated carbocycles. The molecule has 0 atom stereocenters. The van der Waals surface area contributed by atoms with Crippen molar-refractivity contribution in [3.05, 3.63) is 58.9 Å². The molecule has 0 spiro atoms. The Morgan fingerprint density at radius 3 is 2.60 bits per heavy atom. The van der Waals surface area contributed by atoms with Crippen LogP contribution in [0, 0.1) is 5.82 Å². The van der Waals surface area contributed by atoms with Crippen LogP contribution in [0.1, 0.15) is 30.1 Å². The van der Waals surface area contributed by atoms with Gasteiger partial charge in [0.2, 0.25) is 0 Å². The van der Waals surface area contributed by atoms with Gasteiger partial charge in [-0.05, 0) is 61.1 Å². The van der Waals surface area contributed by atoms with Gasteiger partial charge >= 0.3 is 0 Å². The molecule has 0 unspecified atom stereocenters. The second kappa shape index (κ2) is 9.34. The number of hydrogen-bond donors (Lipinski definition) is 2. The summed E-state index contributed by atoms with van der Waals surface area (Å²) in [6.07, 6.45) is 2.04. The molecule has 1 amide bonds. The minimum atomic E-state index is -0.525. The Morgan fingerprint density at radius 2 is 1.96 bits per heavy atom. The third-order valence-corrected chi connectivity index (χ3v) is 3.78. The predicted octanol–water partition coefficient (Wildman–Crippen LogP) is 4.78. The van der Waals surface area contributed by atoms with Crippen LogP contribution in [0.25, 0.3) is 0 Å². The first-order valence-electron chi connectivity index (χ1n) is 7.80. The fourth-order valence-electron chi connectivity index (χ4n) is 1.95. The lowest BCUT2D eigenvalue weighted by Crippen LogP contribution is -2.34. The number of rotatable bonds is 6. The van der Waals surface area contributed by atoms with Crippen LogP contribution < -0.4 is 15.4 Å². The SMILES string of the molecule is CCCCOc1ccc(C(=O)NC(=S)Nc2ccc(F)c(Cl)c2)cc1. The Hall–Kier alpha value is -2.18. The summed E-state index contributed by atoms with van der Waals surface area (Å²) >= 11 is 10.8. The molecule has 2 rings (SSSR count). The maximum atomic E-state index is 13.1. The summed E-state index contributed by atoms with van der Waals surface area (Å²) in [5.74, 6) is -0.166. The Morgan fingerprint density at radius 1 is 1.24 bits per heavy atom. The zero-order chi connectivity index (χ0) is 18.2. The number of benzene rings is 2. The summed E-state index contributed by atoms with van der Waals surface area (Å²) in [5.41, 5.74) is 0.931. The van der Waals surface area contributed by atoms with E-state index in [4.69, 9.17) is 28.6 Å². The van der Waals surface area contributed by atoms with E-state index >= 15 is 0 Å². The van der Waals surface area contributed by atoms with Gasteiger partial charge < -0.3 is 10.1 Å². The highest BCUT2D eigenvalue weighted by Gasteiger charge is 2.09. The molecule has 7 heteroatoms. The lowest BCUT2D eigenvalue weighted by molar-refractivity contribution is 0.0977. The summed E-state index contributed by atoms with van der Waals surface area (Å²) < 4.78 is 18.7. The van der Waals surface area contributed by atoms with Gasteiger partial charge in [0.05, 0.1) is 11.6 Å². The highest BCUT2D eigenvalue weighted by molar-refractivity contribution is 7.80. The van der Waals surface area contributed by atoms with Gasteiger partial charge in [0.25, 0.3) is 5.91 Å². The molecule has 2 N–H and O–H groups in total. The first kappa shape index (κ1) is 19.1. The fourth-order valence-corrected chi connectivity index (χ4v) is 2.34. The number of anilines is 1. The fraction of sp³-hybridized carbons (Fsp3) is 0.222. The quantitative estimate of drug-likeness (QED) is 0.559. The van der Waals surface area contributed by atoms with Gasteiger partial charge in [-0.25, -0.2) is 4.39 Å². The van der Waals surface area contributed by atoms with Crippen molar-refractivity contribution >= 4 is 40.5 Å². The van der Waals surface area contributed by atoms with E-state index in [1.165, 1.54) is 18.2 Å². The summed E-state index contributed by atoms with van der Waals surface area (Å²) in [6, 6.07) is 10.9. The average molecular weight is 381 g/mol. The molecule has 0 heterocycles. The topological polar surface area (TPSA) is 50.4 Å². The van der Waals surface area contributed by atoms with E-state index in [1.54, 1.807) is 24.3 Å². The van der Waals surface area contributed by atoms with Gasteiger partial charge in [-0.3, -0.25) is 10.1 Å². The van der Waals surface area contributed by atoms with Gasteiger partial charge in [-0.2, -0.15) is 0 Å². The average Bonchev–Trinajstić information content (AvgIpc) is 2.59. The minimum absolute atomic E-state index is 0.0298. The largest absolute Gasteiger partial charge is 0.494 e. The Labute approximate surface area is 156 Å². The number of carbonyl (C=O) groups excluding carboxylic acids is 1. The lowest BCUT2D eigenvalue weighted by atomic mass is 10.2. The van der Waals surface area contributed by atoms with Crippen molar-refractivity contribution in [2.45, 2.75) is 19.8 Å². The van der Waals surface area contributed by atoms with Crippen LogP contribution in [0.5, 0.6) is 5.75 Å². The predicted molar refractivity (Wildman–Crippen MR) is 102 cm³/mol. The van der Waals surface area contributed by atoms with E-state index in [1.807, 2.05) is 0 Å². The maximum Gasteiger partial charge on any atom is 0.257 e. The van der Waals surface area contributed by atoms with E-state index in [0.29, 0.717) is 23.6 Å². The summed E-state index contributed by atoms with van der Waals surface area (Å²) in [7, 11) is 0. The highest BCUT2D eigenvalue weighted by Crippen LogP contribution is 2.19. The van der Waals surface area contributed by atoms with E-state index in [0.717, 1.165) is 12.8 Å². The molecule has 0 radical (unpaired) electrons. The molecule has 0 aliphatic heterocycles. The van der Waals surface area contributed by atoms with Gasteiger partial charge in [0.15, 0.2) is 5.11 Å². The third-order valence-electron chi connectivity index (χ3n) is 3.29. The Bertz CT molecular complexity index is 753. The van der Waals surface area contributed by atoms with Crippen molar-refractivity contribution in [1.82, 2.24) is 5.32 Å². The van der Waals surface area contributed by atoms with Crippen molar-refractivity contribution in [1.29, 1.82) is 0 Å². The number of ether oxygens (including phenoxy) is 1. The standard InChI is InChI=1S/C18H18ClFN2O2S/c1-2-3-10-24-14-7-4-12(5-8-14)17(23)22-18(25)21-13-6-9-16(20)15(19)11-13/h4-9,11H,2-3,10H2,1H3,(H2,21,22,23,25). The first-order valence-corrected chi connectivity index (χ1v) is 8.58. The van der Waals surface area contributed by atoms with Crippen LogP contribution in [-0.2, 0) is 0 Å². The summed E-state index contributed by atoms with van der Waals surface area (Å²) in [4.78, 5) is 12.2. The van der Waals surface area contributed by atoms with E-state index in [9.17, 15) is 9.18 Å². The second-order valence-corrected chi connectivity index (χ2v) is 6.08. The van der Waals surface area contributed by atoms with Gasteiger partial charge in [-0.1, -0.05) is 24.9 Å². The maximum absolute atomic E-state index is 13.1. The molecule has 0 fully saturated rings. The van der Waals surface area contributed by atoms with Gasteiger partial charge in [0, 0.05) is 11.3 Å². The van der Waals surface area contributed by atoms with Gasteiger partial charge in [0.1, 0.15) is 11.6 Å². The molecule has 0 aliphatic carbocycles. The van der Waals surface area contributed by atoms with Crippen molar-refractivity contribution in [3.63, 3.8) is 0 Å². The minimum Gasteiger partial charge on any atom is -0.494 e. The Kier molecular flexibility index (Phi) is 7.16. The summed E-state index contributed by atoms with van der Waals surface area (Å²) in [5, 5.41) is 5.40. The van der Waals surface area contributed by atoms with Crippen molar-refractivity contribution < 1.29 is 13.9 Å². The lowest BCUT2D eigenvalue weighted by Gasteiger charge is -2.10. The molecule has 0 saturated heterocycles. The van der Waals surface area contributed by atoms with Crippen LogP contribution in [0.3, 0.4) is 0 Å². The second-order valence-electron chi connectivity index (χ2n) is 5.26. The molecule has 0 aliphatic rings. The molecule has 2 aromatic carbocycles. The Balaban J connectivity index is 1.89. The smallest absolute Gasteiger partial charge is 0.257 e. The van der Waals surface area contributed by atoms with E-state index < -0.39 is 5.82 Å². The molecule has 132 valence electrons. The van der Waals surface area contributed by atoms with Crippen LogP contribution in [0.15, 0.2) is 42.5 Å². The number of amides is 1. The molecule has 25 heavy (non-hydrogen) atoms. The molecular weight excluding hydrogens is 363 g/mol. The monoisotopic (exact) mass is 380 g/mol. The van der Waals surface area contributed by atoms with Crippen LogP contribution in [-0.4, -0.2) is 17.6 Å². The zero-order valence-corrected chi connectivity index (χ0v) is 15.2. The number of hydrogen-bond acceptors (Lipinski definition) is 3. The van der Waals surface area contributed by atoms with Crippen LogP contribution in [0.4, 0.5) is 10.1 Å². The van der Waals surface area contributed by atoms with Crippen molar-refractivity contribution in [2.75, 3.05) is 11.9 Å². The van der Waals surface area contributed by atoms with Crippen LogP contribution >= 0.6 is 23.8 Å². The molecule has 2 aromatic rings. The number of halogens is 2. The summed E-state index contributed by atoms with van der Waals surface area (Å²) in [6.45, 7) is 2.74. The molecular formula is C18H18ClFN2O2S. The van der Waals surface area contributed by atoms with E-state index in [-0.39, 0.29) is 16.0 Å². The molecule has 0 bridgehead atoms. The number of carbonyl (C=O) groups is 1. The first-order chi connectivity index (χ1) is 12.0. The normalized spacial score (nSPS) is 10.2. The molecule has 4 nitrogen and oxygen atoms in total. The third kappa shape index (κ3) is 5.99. The van der Waals surface area contributed by atoms with Crippen molar-refractivity contribution in [3.8, 4) is 5.75 Å². The van der Waals surface area contributed by atoms with Gasteiger partial charge in [-0.15, -0.1) is 0 Å². The molecule has 0 aromatic heterocycles. The van der Waals surface area contributed by atoms with Crippen LogP contribution in [0.2, 0.25) is 5.02 Å². The zero-order valence-electron chi connectivity index (χ0n) is 13.6. The number of unbranched alkanes of at least 4 members (excludes halogenated alkanes) is 1. The highest BCUT2D eigenvalue weighted by atomic mass is 35.5. The number of nitrogens with one attached hydrogen (secondary N) is 2.